The molecule has 0 radical (unpaired) electrons. The summed E-state index contributed by atoms with van der Waals surface area (Å²) >= 11 is 0. The molecular formula is C24H41N3O16. The second-order valence-electron chi connectivity index (χ2n) is 10.5. The minimum atomic E-state index is -1.84. The van der Waals surface area contributed by atoms with Crippen LogP contribution in [0.25, 0.3) is 0 Å². The number of aliphatic hydroxyl groups is 8. The molecule has 0 aromatic heterocycles. The Morgan fingerprint density at radius 3 is 1.30 bits per heavy atom. The predicted octanol–water partition coefficient (Wildman–Crippen LogP) is -7.14. The fourth-order valence-corrected chi connectivity index (χ4v) is 5.26. The van der Waals surface area contributed by atoms with Gasteiger partial charge < -0.3 is 80.5 Å². The molecule has 0 aliphatic carbocycles. The smallest absolute Gasteiger partial charge is 0.217 e. The molecule has 19 nitrogen and oxygen atoms in total. The number of rotatable bonds is 10. The lowest BCUT2D eigenvalue weighted by Gasteiger charge is -2.50. The van der Waals surface area contributed by atoms with Gasteiger partial charge in [0.2, 0.25) is 17.7 Å². The van der Waals surface area contributed by atoms with Crippen LogP contribution in [-0.4, -0.2) is 170 Å². The highest BCUT2D eigenvalue weighted by Gasteiger charge is 2.55. The average Bonchev–Trinajstić information content (AvgIpc) is 2.94. The van der Waals surface area contributed by atoms with E-state index < -0.39 is 129 Å². The van der Waals surface area contributed by atoms with Gasteiger partial charge in [-0.2, -0.15) is 0 Å². The molecule has 0 aromatic rings. The van der Waals surface area contributed by atoms with Crippen LogP contribution in [0.15, 0.2) is 0 Å². The zero-order valence-corrected chi connectivity index (χ0v) is 23.6. The van der Waals surface area contributed by atoms with Gasteiger partial charge in [-0.05, 0) is 0 Å². The highest BCUT2D eigenvalue weighted by molar-refractivity contribution is 5.74. The van der Waals surface area contributed by atoms with Crippen molar-refractivity contribution in [2.45, 2.75) is 113 Å². The first-order valence-electron chi connectivity index (χ1n) is 13.5. The van der Waals surface area contributed by atoms with Gasteiger partial charge in [0.05, 0.1) is 19.8 Å². The fraction of sp³-hybridized carbons (Fsp3) is 0.875. The summed E-state index contributed by atoms with van der Waals surface area (Å²) in [5, 5.41) is 89.6. The highest BCUT2D eigenvalue weighted by atomic mass is 16.7. The Hall–Kier alpha value is -2.11. The number of aliphatic hydroxyl groups excluding tert-OH is 8. The van der Waals surface area contributed by atoms with E-state index >= 15 is 0 Å². The van der Waals surface area contributed by atoms with Crippen LogP contribution in [0.3, 0.4) is 0 Å². The summed E-state index contributed by atoms with van der Waals surface area (Å²) in [6, 6.07) is -4.40. The van der Waals surface area contributed by atoms with Crippen molar-refractivity contribution in [3.63, 3.8) is 0 Å². The second-order valence-corrected chi connectivity index (χ2v) is 10.5. The monoisotopic (exact) mass is 627 g/mol. The van der Waals surface area contributed by atoms with Crippen LogP contribution in [0.5, 0.6) is 0 Å². The summed E-state index contributed by atoms with van der Waals surface area (Å²) in [5.74, 6) is -2.01. The van der Waals surface area contributed by atoms with Gasteiger partial charge >= 0.3 is 0 Å². The fourth-order valence-electron chi connectivity index (χ4n) is 5.26. The molecule has 43 heavy (non-hydrogen) atoms. The van der Waals surface area contributed by atoms with Crippen molar-refractivity contribution in [3.05, 3.63) is 0 Å². The Morgan fingerprint density at radius 1 is 0.558 bits per heavy atom. The second kappa shape index (κ2) is 15.3. The summed E-state index contributed by atoms with van der Waals surface area (Å²) in [6.45, 7) is 0.940. The zero-order chi connectivity index (χ0) is 32.2. The maximum atomic E-state index is 12.1. The molecule has 3 aliphatic rings. The largest absolute Gasteiger partial charge is 0.394 e. The Morgan fingerprint density at radius 2 is 0.930 bits per heavy atom. The van der Waals surface area contributed by atoms with Gasteiger partial charge in [0.1, 0.15) is 73.1 Å². The van der Waals surface area contributed by atoms with Crippen molar-refractivity contribution < 1.29 is 78.9 Å². The zero-order valence-electron chi connectivity index (χ0n) is 23.6. The van der Waals surface area contributed by atoms with Crippen LogP contribution in [0.4, 0.5) is 0 Å². The molecule has 11 N–H and O–H groups in total. The van der Waals surface area contributed by atoms with E-state index in [1.807, 2.05) is 0 Å². The normalized spacial score (nSPS) is 43.5. The Balaban J connectivity index is 2.04. The standard InChI is InChI=1S/C24H41N3O16/c1-7(31)25-13-18(36)16(34)10(4-28)40-23(13)42-20-12(6-30)39-22(38)15(27-9(3)33)21(20)43-24-14(26-8(2)32)19(37)17(35)11(5-29)41-24/h10-24,28-30,34-38H,4-6H2,1-3H3,(H,25,31)(H,26,32)(H,27,33)/t10-,11-,12-,13-,14-,15-,16-,17-,18-,19-,20-,21-,22-,23+,24+/m1/s1. The Kier molecular flexibility index (Phi) is 12.5. The lowest BCUT2D eigenvalue weighted by atomic mass is 9.93. The molecule has 3 fully saturated rings. The molecule has 3 saturated heterocycles. The summed E-state index contributed by atoms with van der Waals surface area (Å²) in [7, 11) is 0. The Labute approximate surface area is 245 Å². The molecule has 3 rings (SSSR count). The van der Waals surface area contributed by atoms with Gasteiger partial charge in [0, 0.05) is 20.8 Å². The maximum absolute atomic E-state index is 12.1. The molecule has 0 aromatic carbocycles. The van der Waals surface area contributed by atoms with E-state index in [9.17, 15) is 55.2 Å². The number of carbonyl (C=O) groups is 3. The number of ether oxygens (including phenoxy) is 5. The van der Waals surface area contributed by atoms with Crippen LogP contribution < -0.4 is 16.0 Å². The molecule has 3 heterocycles. The number of amides is 3. The van der Waals surface area contributed by atoms with Crippen molar-refractivity contribution in [1.29, 1.82) is 0 Å². The molecule has 0 unspecified atom stereocenters. The third-order valence-corrected chi connectivity index (χ3v) is 7.30. The van der Waals surface area contributed by atoms with Crippen molar-refractivity contribution >= 4 is 17.7 Å². The summed E-state index contributed by atoms with van der Waals surface area (Å²) in [5.41, 5.74) is 0. The molecule has 3 amide bonds. The topological polar surface area (TPSA) is 295 Å². The molecule has 248 valence electrons. The summed E-state index contributed by atoms with van der Waals surface area (Å²) < 4.78 is 28.8. The molecule has 15 atom stereocenters. The van der Waals surface area contributed by atoms with Gasteiger partial charge in [0.25, 0.3) is 0 Å². The first-order chi connectivity index (χ1) is 20.2. The quantitative estimate of drug-likeness (QED) is 0.107. The number of hydrogen-bond acceptors (Lipinski definition) is 16. The SMILES string of the molecule is CC(=O)N[C@@H]1[C@@H](O[C@@H]2O[C@H](CO)[C@@H](O)[C@H](O)[C@H]2NC(C)=O)[C@H](O[C@@H]2O[C@H](CO)[C@@H](O)[C@H](O)[C@H]2NC(C)=O)[C@@H](CO)O[C@H]1O. The first-order valence-corrected chi connectivity index (χ1v) is 13.5. The van der Waals surface area contributed by atoms with Crippen molar-refractivity contribution in [1.82, 2.24) is 16.0 Å². The lowest BCUT2D eigenvalue weighted by molar-refractivity contribution is -0.355. The molecule has 0 spiro atoms. The van der Waals surface area contributed by atoms with Crippen LogP contribution in [0, 0.1) is 0 Å². The number of hydrogen-bond donors (Lipinski definition) is 11. The minimum absolute atomic E-state index is 0.662. The summed E-state index contributed by atoms with van der Waals surface area (Å²) in [6.07, 6.45) is -19.4. The highest BCUT2D eigenvalue weighted by Crippen LogP contribution is 2.33. The van der Waals surface area contributed by atoms with E-state index in [0.717, 1.165) is 20.8 Å². The van der Waals surface area contributed by atoms with E-state index in [1.165, 1.54) is 0 Å². The van der Waals surface area contributed by atoms with E-state index in [1.54, 1.807) is 0 Å². The van der Waals surface area contributed by atoms with Crippen molar-refractivity contribution in [2.75, 3.05) is 19.8 Å². The number of nitrogens with one attached hydrogen (secondary N) is 3. The maximum Gasteiger partial charge on any atom is 0.217 e. The van der Waals surface area contributed by atoms with Crippen molar-refractivity contribution in [3.8, 4) is 0 Å². The van der Waals surface area contributed by atoms with Gasteiger partial charge in [-0.25, -0.2) is 0 Å². The minimum Gasteiger partial charge on any atom is -0.394 e. The number of carbonyl (C=O) groups excluding carboxylic acids is 3. The Bertz CT molecular complexity index is 962. The molecule has 19 heteroatoms. The van der Waals surface area contributed by atoms with Crippen LogP contribution in [0.1, 0.15) is 20.8 Å². The predicted molar refractivity (Wildman–Crippen MR) is 136 cm³/mol. The van der Waals surface area contributed by atoms with Gasteiger partial charge in [-0.3, -0.25) is 14.4 Å². The molecular weight excluding hydrogens is 586 g/mol. The third-order valence-electron chi connectivity index (χ3n) is 7.30. The van der Waals surface area contributed by atoms with Crippen molar-refractivity contribution in [2.24, 2.45) is 0 Å². The summed E-state index contributed by atoms with van der Waals surface area (Å²) in [4.78, 5) is 35.9. The van der Waals surface area contributed by atoms with Gasteiger partial charge in [-0.1, -0.05) is 0 Å². The van der Waals surface area contributed by atoms with E-state index in [-0.39, 0.29) is 0 Å². The molecule has 3 aliphatic heterocycles. The van der Waals surface area contributed by atoms with Crippen LogP contribution in [-0.2, 0) is 38.1 Å². The lowest BCUT2D eigenvalue weighted by Crippen LogP contribution is -2.71. The van der Waals surface area contributed by atoms with E-state index in [2.05, 4.69) is 16.0 Å². The van der Waals surface area contributed by atoms with Crippen LogP contribution in [0.2, 0.25) is 0 Å². The first kappa shape index (κ1) is 35.4. The average molecular weight is 628 g/mol. The van der Waals surface area contributed by atoms with Gasteiger partial charge in [0.15, 0.2) is 18.9 Å². The third kappa shape index (κ3) is 8.14. The van der Waals surface area contributed by atoms with E-state index in [4.69, 9.17) is 23.7 Å². The molecule has 0 saturated carbocycles. The van der Waals surface area contributed by atoms with Gasteiger partial charge in [-0.15, -0.1) is 0 Å². The van der Waals surface area contributed by atoms with Crippen LogP contribution >= 0.6 is 0 Å². The van der Waals surface area contributed by atoms with E-state index in [0.29, 0.717) is 0 Å². The molecule has 0 bridgehead atoms.